The minimum Gasteiger partial charge on any atom is -0.550 e. The van der Waals surface area contributed by atoms with Crippen LogP contribution in [0.4, 0.5) is 0 Å². The molecule has 0 amide bonds. The van der Waals surface area contributed by atoms with Crippen molar-refractivity contribution in [2.24, 2.45) is 0 Å². The summed E-state index contributed by atoms with van der Waals surface area (Å²) < 4.78 is 0. The number of hydrogen-bond acceptors (Lipinski definition) is 8. The summed E-state index contributed by atoms with van der Waals surface area (Å²) in [6.45, 7) is 0. The largest absolute Gasteiger partial charge is 1.00 e. The van der Waals surface area contributed by atoms with Crippen LogP contribution in [0.5, 0.6) is 0 Å². The van der Waals surface area contributed by atoms with Crippen molar-refractivity contribution >= 4 is 87.1 Å². The van der Waals surface area contributed by atoms with Crippen molar-refractivity contribution in [1.29, 1.82) is 0 Å². The number of aliphatic hydroxyl groups is 2. The van der Waals surface area contributed by atoms with Gasteiger partial charge in [-0.2, -0.15) is 0 Å². The van der Waals surface area contributed by atoms with Gasteiger partial charge in [0.15, 0.2) is 0 Å². The van der Waals surface area contributed by atoms with Gasteiger partial charge in [-0.15, -0.1) is 0 Å². The summed E-state index contributed by atoms with van der Waals surface area (Å²) in [5.41, 5.74) is -3.46. The SMILES string of the molecule is O=C([O-])CC(O)(C(=O)[O-])C(O)C(=O)[O-].[K+].[K+].[K+].[MgH2].[MgH2].[MgH2]. The van der Waals surface area contributed by atoms with Crippen LogP contribution in [-0.4, -0.2) is 109 Å². The first kappa shape index (κ1) is 44.7. The molecule has 0 saturated carbocycles. The molecule has 0 bridgehead atoms. The van der Waals surface area contributed by atoms with Gasteiger partial charge >= 0.3 is 223 Å². The average Bonchev–Trinajstić information content (AvgIpc) is 2.00. The Bertz CT molecular complexity index is 295. The zero-order valence-corrected chi connectivity index (χ0v) is 19.0. The van der Waals surface area contributed by atoms with Crippen molar-refractivity contribution in [2.45, 2.75) is 18.1 Å². The number of aliphatic hydroxyl groups excluding tert-OH is 1. The van der Waals surface area contributed by atoms with Gasteiger partial charge in [-0.25, -0.2) is 0 Å². The normalized spacial score (nSPS) is 11.7. The van der Waals surface area contributed by atoms with Crippen LogP contribution in [0.3, 0.4) is 0 Å². The average molecular weight is 401 g/mol. The maximum atomic E-state index is 10.2. The first-order valence-corrected chi connectivity index (χ1v) is 3.24. The molecule has 0 aliphatic carbocycles. The van der Waals surface area contributed by atoms with Crippen LogP contribution < -0.4 is 169 Å². The van der Waals surface area contributed by atoms with Gasteiger partial charge in [-0.05, 0) is 0 Å². The van der Waals surface area contributed by atoms with Gasteiger partial charge in [0.2, 0.25) is 0 Å². The molecule has 14 heteroatoms. The summed E-state index contributed by atoms with van der Waals surface area (Å²) in [5, 5.41) is 47.8. The predicted octanol–water partition coefficient (Wildman–Crippen LogP) is -18.0. The molecule has 0 spiro atoms. The van der Waals surface area contributed by atoms with Crippen LogP contribution in [-0.2, 0) is 14.4 Å². The second kappa shape index (κ2) is 22.6. The Morgan fingerprint density at radius 3 is 1.40 bits per heavy atom. The summed E-state index contributed by atoms with van der Waals surface area (Å²) in [5.74, 6) is -6.84. The van der Waals surface area contributed by atoms with E-state index in [0.717, 1.165) is 0 Å². The zero-order valence-electron chi connectivity index (χ0n) is 9.63. The molecule has 8 nitrogen and oxygen atoms in total. The maximum Gasteiger partial charge on any atom is 1.00 e. The second-order valence-electron chi connectivity index (χ2n) is 2.48. The number of hydrogen-bond donors (Lipinski definition) is 2. The number of aliphatic carboxylic acids is 3. The standard InChI is InChI=1S/C6H8O8.3K.3Mg.6H/c7-2(8)1-6(14,5(12)13)3(9)4(10)11;;;;;;;;;;;;/h3,9,14H,1H2,(H,7,8)(H,10,11)(H,12,13);;;;;;;;;;;;/q;3*+1;;;;;;;;;/p-3. The van der Waals surface area contributed by atoms with E-state index in [9.17, 15) is 29.7 Å². The van der Waals surface area contributed by atoms with E-state index in [1.807, 2.05) is 0 Å². The molecule has 20 heavy (non-hydrogen) atoms. The van der Waals surface area contributed by atoms with Gasteiger partial charge in [0.25, 0.3) is 0 Å². The summed E-state index contributed by atoms with van der Waals surface area (Å²) >= 11 is 0. The van der Waals surface area contributed by atoms with Crippen molar-refractivity contribution < 1.29 is 194 Å². The van der Waals surface area contributed by atoms with Crippen LogP contribution in [0.2, 0.25) is 0 Å². The molecule has 0 aliphatic heterocycles. The maximum absolute atomic E-state index is 10.2. The van der Waals surface area contributed by atoms with Crippen molar-refractivity contribution in [3.05, 3.63) is 0 Å². The molecular weight excluding hydrogens is 390 g/mol. The van der Waals surface area contributed by atoms with E-state index in [1.165, 1.54) is 0 Å². The number of carboxylic acid groups (broad SMARTS) is 3. The number of carbonyl (C=O) groups is 3. The quantitative estimate of drug-likeness (QED) is 0.429. The minimum atomic E-state index is -3.46. The third-order valence-electron chi connectivity index (χ3n) is 1.44. The molecule has 0 aromatic carbocycles. The predicted molar refractivity (Wildman–Crippen MR) is 56.2 cm³/mol. The van der Waals surface area contributed by atoms with Crippen molar-refractivity contribution in [3.8, 4) is 0 Å². The number of carboxylic acids is 3. The molecule has 0 rings (SSSR count). The van der Waals surface area contributed by atoms with E-state index in [0.29, 0.717) is 0 Å². The minimum absolute atomic E-state index is 0. The molecule has 0 fully saturated rings. The molecule has 2 N–H and O–H groups in total. The van der Waals surface area contributed by atoms with E-state index in [-0.39, 0.29) is 223 Å². The first-order valence-electron chi connectivity index (χ1n) is 3.24. The Labute approximate surface area is 291 Å². The summed E-state index contributed by atoms with van der Waals surface area (Å²) in [4.78, 5) is 30.2. The van der Waals surface area contributed by atoms with Crippen LogP contribution in [0.15, 0.2) is 0 Å². The van der Waals surface area contributed by atoms with Gasteiger partial charge in [0.1, 0.15) is 11.7 Å². The molecule has 0 heterocycles. The van der Waals surface area contributed by atoms with Gasteiger partial charge in [-0.3, -0.25) is 0 Å². The van der Waals surface area contributed by atoms with Crippen molar-refractivity contribution in [2.75, 3.05) is 0 Å². The monoisotopic (exact) mass is 400 g/mol. The number of rotatable bonds is 5. The molecule has 0 aliphatic rings. The molecular formula is C6H11K3Mg3O8. The van der Waals surface area contributed by atoms with E-state index < -0.39 is 36.0 Å². The van der Waals surface area contributed by atoms with Gasteiger partial charge < -0.3 is 39.9 Å². The summed E-state index contributed by atoms with van der Waals surface area (Å²) in [7, 11) is 0. The Kier molecular flexibility index (Phi) is 50.5. The molecule has 2 unspecified atom stereocenters. The molecule has 0 aromatic heterocycles. The molecule has 2 atom stereocenters. The van der Waals surface area contributed by atoms with E-state index >= 15 is 0 Å². The smallest absolute Gasteiger partial charge is 0.550 e. The molecule has 0 radical (unpaired) electrons. The van der Waals surface area contributed by atoms with Crippen molar-refractivity contribution in [1.82, 2.24) is 0 Å². The van der Waals surface area contributed by atoms with Crippen LogP contribution >= 0.6 is 0 Å². The Hall–Kier alpha value is 5.54. The fraction of sp³-hybridized carbons (Fsp3) is 0.500. The van der Waals surface area contributed by atoms with Crippen LogP contribution in [0.1, 0.15) is 6.42 Å². The molecule has 0 aromatic rings. The van der Waals surface area contributed by atoms with E-state index in [2.05, 4.69) is 0 Å². The van der Waals surface area contributed by atoms with Gasteiger partial charge in [0, 0.05) is 12.4 Å². The Morgan fingerprint density at radius 1 is 0.950 bits per heavy atom. The first-order chi connectivity index (χ1) is 6.21. The van der Waals surface area contributed by atoms with Gasteiger partial charge in [0.05, 0.1) is 11.9 Å². The zero-order chi connectivity index (χ0) is 11.5. The fourth-order valence-corrected chi connectivity index (χ4v) is 0.695. The van der Waals surface area contributed by atoms with Gasteiger partial charge in [-0.1, -0.05) is 0 Å². The van der Waals surface area contributed by atoms with Crippen LogP contribution in [0.25, 0.3) is 0 Å². The van der Waals surface area contributed by atoms with Crippen LogP contribution in [0, 0.1) is 0 Å². The molecule has 92 valence electrons. The topological polar surface area (TPSA) is 161 Å². The van der Waals surface area contributed by atoms with E-state index in [1.54, 1.807) is 0 Å². The second-order valence-corrected chi connectivity index (χ2v) is 2.48. The summed E-state index contributed by atoms with van der Waals surface area (Å²) in [6, 6.07) is 0. The van der Waals surface area contributed by atoms with Crippen molar-refractivity contribution in [3.63, 3.8) is 0 Å². The Morgan fingerprint density at radius 2 is 1.25 bits per heavy atom. The third kappa shape index (κ3) is 17.0. The summed E-state index contributed by atoms with van der Waals surface area (Å²) in [6.07, 6.45) is -4.53. The Balaban J connectivity index is -0.0000000563. The third-order valence-corrected chi connectivity index (χ3v) is 1.44. The number of carbonyl (C=O) groups excluding carboxylic acids is 3. The molecule has 0 saturated heterocycles. The van der Waals surface area contributed by atoms with E-state index in [4.69, 9.17) is 10.2 Å². The fourth-order valence-electron chi connectivity index (χ4n) is 0.695.